The standard InChI is InChI=1S/C28H35B2NO4/c1-25(2)26(3,4)33-29(32-25)22-11-9-20(10-12-22)21-17-18-31(19-21)24-15-13-23(14-16-24)30-34-27(5,6)28(7,8)35-30/h9-19H,1-8H3/i19D. The second-order valence-electron chi connectivity index (χ2n) is 11.6. The van der Waals surface area contributed by atoms with Crippen molar-refractivity contribution in [2.75, 3.05) is 0 Å². The second kappa shape index (κ2) is 8.10. The molecule has 2 aliphatic rings. The van der Waals surface area contributed by atoms with E-state index < -0.39 is 14.2 Å². The van der Waals surface area contributed by atoms with Crippen LogP contribution >= 0.6 is 0 Å². The molecule has 0 radical (unpaired) electrons. The van der Waals surface area contributed by atoms with Gasteiger partial charge in [-0.05, 0) is 95.6 Å². The van der Waals surface area contributed by atoms with Gasteiger partial charge in [-0.25, -0.2) is 0 Å². The van der Waals surface area contributed by atoms with Gasteiger partial charge in [0.2, 0.25) is 0 Å². The topological polar surface area (TPSA) is 41.9 Å². The zero-order chi connectivity index (χ0) is 26.1. The molecule has 2 fully saturated rings. The summed E-state index contributed by atoms with van der Waals surface area (Å²) in [4.78, 5) is 0. The molecule has 35 heavy (non-hydrogen) atoms. The fourth-order valence-corrected chi connectivity index (χ4v) is 4.23. The molecule has 5 nitrogen and oxygen atoms in total. The Bertz CT molecular complexity index is 1140. The Morgan fingerprint density at radius 3 is 1.40 bits per heavy atom. The Morgan fingerprint density at radius 1 is 0.571 bits per heavy atom. The summed E-state index contributed by atoms with van der Waals surface area (Å²) in [6.07, 6.45) is 2.37. The number of aromatic nitrogens is 1. The van der Waals surface area contributed by atoms with Gasteiger partial charge >= 0.3 is 14.2 Å². The molecule has 1 aromatic heterocycles. The lowest BCUT2D eigenvalue weighted by Gasteiger charge is -2.32. The maximum absolute atomic E-state index is 8.82. The maximum Gasteiger partial charge on any atom is 0.494 e. The summed E-state index contributed by atoms with van der Waals surface area (Å²) in [5.41, 5.74) is 3.20. The van der Waals surface area contributed by atoms with Gasteiger partial charge in [-0.3, -0.25) is 0 Å². The van der Waals surface area contributed by atoms with E-state index in [0.29, 0.717) is 6.17 Å². The fraction of sp³-hybridized carbons (Fsp3) is 0.429. The molecule has 0 spiro atoms. The molecule has 5 rings (SSSR count). The second-order valence-corrected chi connectivity index (χ2v) is 11.6. The zero-order valence-corrected chi connectivity index (χ0v) is 22.0. The highest BCUT2D eigenvalue weighted by molar-refractivity contribution is 6.62. The van der Waals surface area contributed by atoms with Crippen LogP contribution in [0.15, 0.2) is 67.0 Å². The van der Waals surface area contributed by atoms with Crippen molar-refractivity contribution >= 4 is 25.2 Å². The molecule has 3 heterocycles. The minimum atomic E-state index is -0.401. The van der Waals surface area contributed by atoms with Crippen molar-refractivity contribution in [1.29, 1.82) is 0 Å². The van der Waals surface area contributed by atoms with Crippen molar-refractivity contribution in [3.05, 3.63) is 67.0 Å². The minimum absolute atomic E-state index is 0.375. The molecule has 2 saturated heterocycles. The first kappa shape index (κ1) is 23.1. The van der Waals surface area contributed by atoms with Crippen LogP contribution in [-0.2, 0) is 18.6 Å². The van der Waals surface area contributed by atoms with Gasteiger partial charge in [-0.1, -0.05) is 36.4 Å². The van der Waals surface area contributed by atoms with Crippen LogP contribution in [0, 0.1) is 0 Å². The number of rotatable bonds is 4. The van der Waals surface area contributed by atoms with Crippen molar-refractivity contribution in [3.8, 4) is 16.8 Å². The third-order valence-electron chi connectivity index (χ3n) is 8.07. The average molecular weight is 472 g/mol. The largest absolute Gasteiger partial charge is 0.494 e. The lowest BCUT2D eigenvalue weighted by Crippen LogP contribution is -2.41. The van der Waals surface area contributed by atoms with E-state index in [9.17, 15) is 0 Å². The number of benzene rings is 2. The van der Waals surface area contributed by atoms with E-state index in [2.05, 4.69) is 55.4 Å². The Labute approximate surface area is 211 Å². The molecule has 0 atom stereocenters. The molecule has 2 aromatic carbocycles. The summed E-state index contributed by atoms with van der Waals surface area (Å²) in [6.45, 7) is 16.4. The van der Waals surface area contributed by atoms with Crippen molar-refractivity contribution in [2.24, 2.45) is 0 Å². The van der Waals surface area contributed by atoms with Crippen molar-refractivity contribution < 1.29 is 20.0 Å². The predicted molar refractivity (Wildman–Crippen MR) is 143 cm³/mol. The van der Waals surface area contributed by atoms with Crippen LogP contribution in [-0.4, -0.2) is 41.2 Å². The first-order valence-electron chi connectivity index (χ1n) is 12.8. The van der Waals surface area contributed by atoms with Gasteiger partial charge in [0.1, 0.15) is 0 Å². The van der Waals surface area contributed by atoms with Crippen LogP contribution < -0.4 is 10.9 Å². The van der Waals surface area contributed by atoms with Crippen LogP contribution in [0.4, 0.5) is 0 Å². The summed E-state index contributed by atoms with van der Waals surface area (Å²) in [6, 6.07) is 18.1. The molecule has 0 N–H and O–H groups in total. The van der Waals surface area contributed by atoms with E-state index in [1.54, 1.807) is 0 Å². The van der Waals surface area contributed by atoms with Gasteiger partial charge in [-0.2, -0.15) is 0 Å². The average Bonchev–Trinajstić information content (AvgIpc) is 3.36. The van der Waals surface area contributed by atoms with Gasteiger partial charge in [-0.15, -0.1) is 0 Å². The van der Waals surface area contributed by atoms with Crippen LogP contribution in [0.5, 0.6) is 0 Å². The molecular weight excluding hydrogens is 436 g/mol. The third-order valence-corrected chi connectivity index (χ3v) is 8.07. The van der Waals surface area contributed by atoms with Gasteiger partial charge < -0.3 is 23.2 Å². The van der Waals surface area contributed by atoms with Crippen LogP contribution in [0.2, 0.25) is 0 Å². The first-order chi connectivity index (χ1) is 16.7. The van der Waals surface area contributed by atoms with Crippen molar-refractivity contribution in [3.63, 3.8) is 0 Å². The van der Waals surface area contributed by atoms with Crippen LogP contribution in [0.3, 0.4) is 0 Å². The number of hydrogen-bond donors (Lipinski definition) is 0. The zero-order valence-electron chi connectivity index (χ0n) is 23.0. The summed E-state index contributed by atoms with van der Waals surface area (Å²) >= 11 is 0. The minimum Gasteiger partial charge on any atom is -0.399 e. The van der Waals surface area contributed by atoms with E-state index >= 15 is 0 Å². The molecule has 2 aliphatic heterocycles. The summed E-state index contributed by atoms with van der Waals surface area (Å²) in [5, 5.41) is 0. The molecular formula is C28H35B2NO4. The monoisotopic (exact) mass is 472 g/mol. The van der Waals surface area contributed by atoms with Gasteiger partial charge in [0, 0.05) is 18.1 Å². The normalized spacial score (nSPS) is 22.5. The van der Waals surface area contributed by atoms with E-state index in [0.717, 1.165) is 27.7 Å². The Kier molecular flexibility index (Phi) is 5.35. The van der Waals surface area contributed by atoms with E-state index in [1.165, 1.54) is 0 Å². The fourth-order valence-electron chi connectivity index (χ4n) is 4.23. The Morgan fingerprint density at radius 2 is 0.971 bits per heavy atom. The molecule has 3 aromatic rings. The lowest BCUT2D eigenvalue weighted by atomic mass is 9.78. The quantitative estimate of drug-likeness (QED) is 0.515. The van der Waals surface area contributed by atoms with Crippen molar-refractivity contribution in [1.82, 2.24) is 4.57 Å². The molecule has 182 valence electrons. The van der Waals surface area contributed by atoms with Gasteiger partial charge in [0.15, 0.2) is 0 Å². The maximum atomic E-state index is 8.82. The summed E-state index contributed by atoms with van der Waals surface area (Å²) in [7, 11) is -0.797. The highest BCUT2D eigenvalue weighted by Crippen LogP contribution is 2.37. The van der Waals surface area contributed by atoms with Gasteiger partial charge in [0.25, 0.3) is 0 Å². The molecule has 0 unspecified atom stereocenters. The molecule has 0 saturated carbocycles. The Balaban J connectivity index is 1.33. The van der Waals surface area contributed by atoms with Crippen molar-refractivity contribution in [2.45, 2.75) is 77.8 Å². The van der Waals surface area contributed by atoms with Crippen LogP contribution in [0.25, 0.3) is 16.8 Å². The van der Waals surface area contributed by atoms with E-state index in [1.807, 2.05) is 65.4 Å². The van der Waals surface area contributed by atoms with E-state index in [4.69, 9.17) is 20.0 Å². The molecule has 0 aliphatic carbocycles. The van der Waals surface area contributed by atoms with Crippen LogP contribution in [0.1, 0.15) is 56.8 Å². The predicted octanol–water partition coefficient (Wildman–Crippen LogP) is 4.74. The SMILES string of the molecule is [2H]c1c(-c2ccc(B3OC(C)(C)C(C)(C)O3)cc2)ccn1-c1ccc(B2OC(C)(C)C(C)(C)O2)cc1. The Hall–Kier alpha value is -2.31. The molecule has 0 amide bonds. The summed E-state index contributed by atoms with van der Waals surface area (Å²) in [5.74, 6) is 0. The number of hydrogen-bond acceptors (Lipinski definition) is 4. The highest BCUT2D eigenvalue weighted by Gasteiger charge is 2.52. The summed E-state index contributed by atoms with van der Waals surface area (Å²) < 4.78 is 35.4. The van der Waals surface area contributed by atoms with E-state index in [-0.39, 0.29) is 22.4 Å². The third kappa shape index (κ3) is 4.29. The lowest BCUT2D eigenvalue weighted by molar-refractivity contribution is 0.00578. The smallest absolute Gasteiger partial charge is 0.399 e. The van der Waals surface area contributed by atoms with Gasteiger partial charge in [0.05, 0.1) is 23.8 Å². The first-order valence-corrected chi connectivity index (χ1v) is 12.3. The highest BCUT2D eigenvalue weighted by atomic mass is 16.7. The molecule has 0 bridgehead atoms. The number of nitrogens with zero attached hydrogens (tertiary/aromatic N) is 1. The molecule has 7 heteroatoms.